The summed E-state index contributed by atoms with van der Waals surface area (Å²) in [5.41, 5.74) is -0.135. The van der Waals surface area contributed by atoms with Gasteiger partial charge in [0.25, 0.3) is 5.91 Å². The van der Waals surface area contributed by atoms with Gasteiger partial charge in [0.1, 0.15) is 0 Å². The Kier molecular flexibility index (Phi) is 2.08. The molecule has 1 N–H and O–H groups in total. The maximum absolute atomic E-state index is 11.9. The van der Waals surface area contributed by atoms with Gasteiger partial charge in [-0.05, 0) is 0 Å². The van der Waals surface area contributed by atoms with Crippen LogP contribution in [0.2, 0.25) is 0 Å². The van der Waals surface area contributed by atoms with Gasteiger partial charge in [-0.3, -0.25) is 9.63 Å². The summed E-state index contributed by atoms with van der Waals surface area (Å²) in [5.74, 6) is 0.0845. The van der Waals surface area contributed by atoms with E-state index in [1.54, 1.807) is 5.06 Å². The molecule has 2 heterocycles. The van der Waals surface area contributed by atoms with Crippen LogP contribution in [-0.4, -0.2) is 37.2 Å². The summed E-state index contributed by atoms with van der Waals surface area (Å²) in [6, 6.07) is 0. The van der Waals surface area contributed by atoms with Gasteiger partial charge in [0.15, 0.2) is 0 Å². The molecule has 4 nitrogen and oxygen atoms in total. The molecule has 14 heavy (non-hydrogen) atoms. The van der Waals surface area contributed by atoms with Crippen molar-refractivity contribution in [1.29, 1.82) is 0 Å². The number of nitrogens with one attached hydrogen (secondary N) is 1. The zero-order valence-corrected chi connectivity index (χ0v) is 9.09. The number of carbonyl (C=O) groups excluding carboxylic acids is 1. The van der Waals surface area contributed by atoms with Gasteiger partial charge in [-0.25, -0.2) is 5.06 Å². The third-order valence-corrected chi connectivity index (χ3v) is 2.87. The van der Waals surface area contributed by atoms with Crippen LogP contribution in [0.1, 0.15) is 20.8 Å². The second-order valence-electron chi connectivity index (χ2n) is 5.47. The molecule has 2 aliphatic heterocycles. The minimum atomic E-state index is -0.345. The summed E-state index contributed by atoms with van der Waals surface area (Å²) in [6.07, 6.45) is 0. The molecule has 0 bridgehead atoms. The largest absolute Gasteiger partial charge is 0.315 e. The first-order valence-electron chi connectivity index (χ1n) is 5.09. The van der Waals surface area contributed by atoms with Gasteiger partial charge < -0.3 is 5.32 Å². The Labute approximate surface area is 84.6 Å². The predicted octanol–water partition coefficient (Wildman–Crippen LogP) is 0.396. The molecule has 0 aromatic rings. The average molecular weight is 198 g/mol. The molecule has 1 spiro atoms. The number of carbonyl (C=O) groups is 1. The number of rotatable bonds is 0. The highest BCUT2D eigenvalue weighted by Crippen LogP contribution is 2.32. The van der Waals surface area contributed by atoms with E-state index in [-0.39, 0.29) is 16.7 Å². The van der Waals surface area contributed by atoms with Crippen molar-refractivity contribution in [1.82, 2.24) is 10.4 Å². The summed E-state index contributed by atoms with van der Waals surface area (Å²) >= 11 is 0. The van der Waals surface area contributed by atoms with Crippen LogP contribution in [0.25, 0.3) is 0 Å². The van der Waals surface area contributed by atoms with E-state index in [1.807, 2.05) is 20.8 Å². The third kappa shape index (κ3) is 1.53. The van der Waals surface area contributed by atoms with Crippen molar-refractivity contribution in [2.45, 2.75) is 20.8 Å². The first kappa shape index (κ1) is 9.93. The monoisotopic (exact) mass is 198 g/mol. The smallest absolute Gasteiger partial charge is 0.251 e. The normalized spacial score (nSPS) is 25.2. The Morgan fingerprint density at radius 1 is 1.43 bits per heavy atom. The molecule has 4 heteroatoms. The Hall–Kier alpha value is -0.610. The topological polar surface area (TPSA) is 41.6 Å². The number of hydroxylamine groups is 2. The number of hydrogen-bond acceptors (Lipinski definition) is 3. The van der Waals surface area contributed by atoms with E-state index in [2.05, 4.69) is 5.32 Å². The molecule has 80 valence electrons. The predicted molar refractivity (Wildman–Crippen MR) is 52.4 cm³/mol. The van der Waals surface area contributed by atoms with Gasteiger partial charge >= 0.3 is 0 Å². The van der Waals surface area contributed by atoms with E-state index in [0.717, 1.165) is 19.6 Å². The highest BCUT2D eigenvalue weighted by molar-refractivity contribution is 5.80. The summed E-state index contributed by atoms with van der Waals surface area (Å²) in [7, 11) is 0. The number of hydrogen-bond donors (Lipinski definition) is 1. The molecule has 0 aliphatic carbocycles. The quantitative estimate of drug-likeness (QED) is 0.612. The molecule has 0 radical (unpaired) electrons. The first-order chi connectivity index (χ1) is 6.43. The van der Waals surface area contributed by atoms with Gasteiger partial charge in [0.05, 0.1) is 13.2 Å². The fourth-order valence-electron chi connectivity index (χ4n) is 1.81. The summed E-state index contributed by atoms with van der Waals surface area (Å²) in [5, 5.41) is 4.77. The Bertz CT molecular complexity index is 253. The van der Waals surface area contributed by atoms with Gasteiger partial charge in [-0.2, -0.15) is 0 Å². The minimum absolute atomic E-state index is 0.0845. The van der Waals surface area contributed by atoms with E-state index in [0.29, 0.717) is 6.61 Å². The zero-order valence-electron chi connectivity index (χ0n) is 9.09. The summed E-state index contributed by atoms with van der Waals surface area (Å²) in [6.45, 7) is 9.13. The number of amides is 1. The van der Waals surface area contributed by atoms with Gasteiger partial charge in [-0.1, -0.05) is 20.8 Å². The molecule has 0 unspecified atom stereocenters. The highest BCUT2D eigenvalue weighted by atomic mass is 16.7. The van der Waals surface area contributed by atoms with E-state index >= 15 is 0 Å². The highest BCUT2D eigenvalue weighted by Gasteiger charge is 2.47. The summed E-state index contributed by atoms with van der Waals surface area (Å²) in [4.78, 5) is 17.3. The van der Waals surface area contributed by atoms with Crippen LogP contribution < -0.4 is 5.32 Å². The SMILES string of the molecule is CC(C)(C)C(=O)N1CC2(CNC2)CO1. The summed E-state index contributed by atoms with van der Waals surface area (Å²) < 4.78 is 0. The van der Waals surface area contributed by atoms with Crippen LogP contribution in [0.4, 0.5) is 0 Å². The Balaban J connectivity index is 1.98. The average Bonchev–Trinajstić information content (AvgIpc) is 2.44. The fourth-order valence-corrected chi connectivity index (χ4v) is 1.81. The van der Waals surface area contributed by atoms with Gasteiger partial charge in [-0.15, -0.1) is 0 Å². The van der Waals surface area contributed by atoms with Crippen molar-refractivity contribution in [3.8, 4) is 0 Å². The van der Waals surface area contributed by atoms with Crippen molar-refractivity contribution >= 4 is 5.91 Å². The molecule has 0 atom stereocenters. The van der Waals surface area contributed by atoms with E-state index in [1.165, 1.54) is 0 Å². The minimum Gasteiger partial charge on any atom is -0.315 e. The molecular weight excluding hydrogens is 180 g/mol. The molecule has 2 saturated heterocycles. The van der Waals surface area contributed by atoms with Crippen LogP contribution in [-0.2, 0) is 9.63 Å². The van der Waals surface area contributed by atoms with Gasteiger partial charge in [0, 0.05) is 23.9 Å². The van der Waals surface area contributed by atoms with Crippen LogP contribution in [0, 0.1) is 10.8 Å². The van der Waals surface area contributed by atoms with E-state index in [9.17, 15) is 4.79 Å². The first-order valence-corrected chi connectivity index (χ1v) is 5.09. The van der Waals surface area contributed by atoms with Crippen LogP contribution in [0.3, 0.4) is 0 Å². The van der Waals surface area contributed by atoms with Crippen LogP contribution in [0.5, 0.6) is 0 Å². The van der Waals surface area contributed by atoms with Crippen molar-refractivity contribution in [3.05, 3.63) is 0 Å². The second kappa shape index (κ2) is 2.94. The lowest BCUT2D eigenvalue weighted by molar-refractivity contribution is -0.177. The lowest BCUT2D eigenvalue weighted by Gasteiger charge is -2.37. The van der Waals surface area contributed by atoms with Crippen molar-refractivity contribution in [2.24, 2.45) is 10.8 Å². The lowest BCUT2D eigenvalue weighted by atomic mass is 9.83. The molecule has 0 saturated carbocycles. The molecule has 2 fully saturated rings. The van der Waals surface area contributed by atoms with Crippen LogP contribution >= 0.6 is 0 Å². The van der Waals surface area contributed by atoms with Crippen molar-refractivity contribution in [3.63, 3.8) is 0 Å². The Morgan fingerprint density at radius 2 is 2.07 bits per heavy atom. The number of nitrogens with zero attached hydrogens (tertiary/aromatic N) is 1. The second-order valence-corrected chi connectivity index (χ2v) is 5.47. The Morgan fingerprint density at radius 3 is 2.43 bits per heavy atom. The molecular formula is C10H18N2O2. The lowest BCUT2D eigenvalue weighted by Crippen LogP contribution is -2.56. The third-order valence-electron chi connectivity index (χ3n) is 2.87. The molecule has 0 aromatic heterocycles. The fraction of sp³-hybridized carbons (Fsp3) is 0.900. The van der Waals surface area contributed by atoms with E-state index < -0.39 is 0 Å². The molecule has 2 rings (SSSR count). The molecule has 2 aliphatic rings. The van der Waals surface area contributed by atoms with E-state index in [4.69, 9.17) is 4.84 Å². The van der Waals surface area contributed by atoms with Crippen LogP contribution in [0.15, 0.2) is 0 Å². The zero-order chi connectivity index (χ0) is 10.4. The maximum Gasteiger partial charge on any atom is 0.251 e. The molecule has 1 amide bonds. The van der Waals surface area contributed by atoms with Crippen molar-refractivity contribution in [2.75, 3.05) is 26.2 Å². The molecule has 0 aromatic carbocycles. The van der Waals surface area contributed by atoms with Crippen molar-refractivity contribution < 1.29 is 9.63 Å². The van der Waals surface area contributed by atoms with Gasteiger partial charge in [0.2, 0.25) is 0 Å². The standard InChI is InChI=1S/C10H18N2O2/c1-9(2,3)8(13)12-6-10(7-14-12)4-11-5-10/h11H,4-7H2,1-3H3. The maximum atomic E-state index is 11.9.